The molecule has 0 saturated carbocycles. The summed E-state index contributed by atoms with van der Waals surface area (Å²) in [6.07, 6.45) is 0.892. The van der Waals surface area contributed by atoms with Crippen LogP contribution < -0.4 is 4.72 Å². The Balaban J connectivity index is 3.53. The number of thiol groups is 1. The Morgan fingerprint density at radius 1 is 1.30 bits per heavy atom. The zero-order valence-corrected chi connectivity index (χ0v) is 7.52. The molecule has 1 N–H and O–H groups in total. The molecule has 0 amide bonds. The van der Waals surface area contributed by atoms with E-state index in [4.69, 9.17) is 0 Å². The van der Waals surface area contributed by atoms with Gasteiger partial charge in [0.05, 0.1) is 0 Å². The van der Waals surface area contributed by atoms with Gasteiger partial charge in [0.25, 0.3) is 0 Å². The average Bonchev–Trinajstić information content (AvgIpc) is 1.58. The van der Waals surface area contributed by atoms with Gasteiger partial charge in [0, 0.05) is 6.04 Å². The molecule has 0 heterocycles. The van der Waals surface area contributed by atoms with Gasteiger partial charge in [-0.1, -0.05) is 13.8 Å². The van der Waals surface area contributed by atoms with Crippen LogP contribution >= 0.6 is 0 Å². The van der Waals surface area contributed by atoms with Crippen LogP contribution in [-0.4, -0.2) is 14.5 Å². The second-order valence-corrected chi connectivity index (χ2v) is 3.69. The second-order valence-electron chi connectivity index (χ2n) is 2.92. The van der Waals surface area contributed by atoms with Crippen LogP contribution in [0.5, 0.6) is 0 Å². The minimum absolute atomic E-state index is 0.0705. The molecule has 10 heavy (non-hydrogen) atoms. The first kappa shape index (κ1) is 9.91. The lowest BCUT2D eigenvalue weighted by Crippen LogP contribution is -2.25. The number of hydrogen-bond donors (Lipinski definition) is 2. The highest BCUT2D eigenvalue weighted by Crippen LogP contribution is 2.02. The van der Waals surface area contributed by atoms with Crippen molar-refractivity contribution in [3.63, 3.8) is 0 Å². The zero-order chi connectivity index (χ0) is 8.15. The maximum atomic E-state index is 10.1. The van der Waals surface area contributed by atoms with Crippen LogP contribution in [0.4, 0.5) is 0 Å². The van der Waals surface area contributed by atoms with Crippen LogP contribution in [0.3, 0.4) is 0 Å². The number of rotatable bonds is 4. The molecule has 0 aromatic carbocycles. The topological polar surface area (TPSA) is 46.2 Å². The first-order valence-electron chi connectivity index (χ1n) is 3.43. The fraction of sp³-hybridized carbons (Fsp3) is 1.00. The maximum Gasteiger partial charge on any atom is 0.201 e. The van der Waals surface area contributed by atoms with Crippen LogP contribution in [-0.2, 0) is 10.9 Å². The molecule has 0 aliphatic carbocycles. The fourth-order valence-corrected chi connectivity index (χ4v) is 1.41. The Morgan fingerprint density at radius 2 is 1.80 bits per heavy atom. The molecule has 0 aliphatic heterocycles. The van der Waals surface area contributed by atoms with Gasteiger partial charge in [0.15, 0.2) is 0 Å². The Morgan fingerprint density at radius 3 is 2.10 bits per heavy atom. The predicted octanol–water partition coefficient (Wildman–Crippen LogP) is 0.537. The van der Waals surface area contributed by atoms with E-state index in [1.54, 1.807) is 0 Å². The lowest BCUT2D eigenvalue weighted by molar-refractivity contribution is 0.488. The first-order valence-corrected chi connectivity index (χ1v) is 4.60. The fourth-order valence-electron chi connectivity index (χ4n) is 0.940. The van der Waals surface area contributed by atoms with E-state index in [-0.39, 0.29) is 6.04 Å². The summed E-state index contributed by atoms with van der Waals surface area (Å²) in [5.74, 6) is 0.539. The Bertz CT molecular complexity index is 146. The third kappa shape index (κ3) is 6.04. The summed E-state index contributed by atoms with van der Waals surface area (Å²) in [5.41, 5.74) is 0. The van der Waals surface area contributed by atoms with E-state index < -0.39 is 10.9 Å². The molecular formula is C6H15NO2S. The van der Waals surface area contributed by atoms with E-state index in [9.17, 15) is 8.42 Å². The predicted molar refractivity (Wildman–Crippen MR) is 42.4 cm³/mol. The molecule has 0 spiro atoms. The molecule has 1 atom stereocenters. The summed E-state index contributed by atoms with van der Waals surface area (Å²) in [5, 5.41) is 0. The highest BCUT2D eigenvalue weighted by atomic mass is 32.2. The Labute approximate surface area is 63.9 Å². The summed E-state index contributed by atoms with van der Waals surface area (Å²) >= 11 is 0. The van der Waals surface area contributed by atoms with Gasteiger partial charge in [-0.3, -0.25) is 0 Å². The molecule has 62 valence electrons. The van der Waals surface area contributed by atoms with Gasteiger partial charge in [-0.15, -0.1) is 0 Å². The Hall–Kier alpha value is -0.0900. The van der Waals surface area contributed by atoms with Gasteiger partial charge in [-0.2, -0.15) is 0 Å². The third-order valence-corrected chi connectivity index (χ3v) is 1.80. The SMILES string of the molecule is CC(C)CC(C)N[SH](=O)=O. The quantitative estimate of drug-likeness (QED) is 0.597. The van der Waals surface area contributed by atoms with E-state index in [0.717, 1.165) is 6.42 Å². The first-order chi connectivity index (χ1) is 4.52. The molecule has 0 aromatic heterocycles. The molecule has 0 bridgehead atoms. The van der Waals surface area contributed by atoms with Gasteiger partial charge in [0.1, 0.15) is 0 Å². The van der Waals surface area contributed by atoms with Gasteiger partial charge >= 0.3 is 0 Å². The van der Waals surface area contributed by atoms with Gasteiger partial charge in [-0.25, -0.2) is 13.1 Å². The summed E-state index contributed by atoms with van der Waals surface area (Å²) in [7, 11) is -2.42. The molecule has 0 fully saturated rings. The van der Waals surface area contributed by atoms with Crippen molar-refractivity contribution in [1.29, 1.82) is 0 Å². The highest BCUT2D eigenvalue weighted by molar-refractivity contribution is 7.70. The van der Waals surface area contributed by atoms with Crippen LogP contribution in [0.15, 0.2) is 0 Å². The van der Waals surface area contributed by atoms with E-state index in [1.165, 1.54) is 0 Å². The number of nitrogens with one attached hydrogen (secondary N) is 1. The van der Waals surface area contributed by atoms with Crippen molar-refractivity contribution < 1.29 is 8.42 Å². The second kappa shape index (κ2) is 4.68. The zero-order valence-electron chi connectivity index (χ0n) is 6.63. The summed E-state index contributed by atoms with van der Waals surface area (Å²) < 4.78 is 22.7. The van der Waals surface area contributed by atoms with Gasteiger partial charge < -0.3 is 0 Å². The van der Waals surface area contributed by atoms with Crippen molar-refractivity contribution in [3.8, 4) is 0 Å². The van der Waals surface area contributed by atoms with E-state index >= 15 is 0 Å². The van der Waals surface area contributed by atoms with Crippen molar-refractivity contribution in [2.75, 3.05) is 0 Å². The minimum Gasteiger partial charge on any atom is -0.216 e. The molecule has 4 heteroatoms. The molecule has 0 radical (unpaired) electrons. The molecule has 0 rings (SSSR count). The van der Waals surface area contributed by atoms with Crippen molar-refractivity contribution in [2.45, 2.75) is 33.2 Å². The number of hydrogen-bond acceptors (Lipinski definition) is 2. The molecular weight excluding hydrogens is 150 g/mol. The third-order valence-electron chi connectivity index (χ3n) is 1.15. The van der Waals surface area contributed by atoms with Crippen molar-refractivity contribution in [2.24, 2.45) is 5.92 Å². The average molecular weight is 165 g/mol. The maximum absolute atomic E-state index is 10.1. The lowest BCUT2D eigenvalue weighted by atomic mass is 10.1. The molecule has 0 aliphatic rings. The molecule has 3 nitrogen and oxygen atoms in total. The van der Waals surface area contributed by atoms with E-state index in [0.29, 0.717) is 5.92 Å². The summed E-state index contributed by atoms with van der Waals surface area (Å²) in [4.78, 5) is 0. The van der Waals surface area contributed by atoms with Crippen LogP contribution in [0.2, 0.25) is 0 Å². The largest absolute Gasteiger partial charge is 0.216 e. The van der Waals surface area contributed by atoms with E-state index in [1.807, 2.05) is 6.92 Å². The molecule has 0 saturated heterocycles. The van der Waals surface area contributed by atoms with Crippen molar-refractivity contribution >= 4 is 10.9 Å². The van der Waals surface area contributed by atoms with Crippen LogP contribution in [0, 0.1) is 5.92 Å². The van der Waals surface area contributed by atoms with Gasteiger partial charge in [-0.05, 0) is 19.3 Å². The standard InChI is InChI=1S/C6H15NO2S/c1-5(2)4-6(3)7-10(8)9/h5-6,10H,4H2,1-3H3,(H,7,8,9). The summed E-state index contributed by atoms with van der Waals surface area (Å²) in [6, 6.07) is 0.0705. The smallest absolute Gasteiger partial charge is 0.201 e. The monoisotopic (exact) mass is 165 g/mol. The Kier molecular flexibility index (Phi) is 4.64. The normalized spacial score (nSPS) is 14.5. The lowest BCUT2D eigenvalue weighted by Gasteiger charge is -2.10. The highest BCUT2D eigenvalue weighted by Gasteiger charge is 2.03. The minimum atomic E-state index is -2.42. The van der Waals surface area contributed by atoms with Crippen molar-refractivity contribution in [3.05, 3.63) is 0 Å². The van der Waals surface area contributed by atoms with Gasteiger partial charge in [0.2, 0.25) is 10.9 Å². The summed E-state index contributed by atoms with van der Waals surface area (Å²) in [6.45, 7) is 6.00. The molecule has 0 aromatic rings. The van der Waals surface area contributed by atoms with Crippen LogP contribution in [0.1, 0.15) is 27.2 Å². The van der Waals surface area contributed by atoms with E-state index in [2.05, 4.69) is 18.6 Å². The van der Waals surface area contributed by atoms with Crippen molar-refractivity contribution in [1.82, 2.24) is 4.72 Å². The molecule has 1 unspecified atom stereocenters. The van der Waals surface area contributed by atoms with Crippen LogP contribution in [0.25, 0.3) is 0 Å².